The highest BCUT2D eigenvalue weighted by Crippen LogP contribution is 2.20. The topological polar surface area (TPSA) is 53.4 Å². The van der Waals surface area contributed by atoms with Gasteiger partial charge in [0.15, 0.2) is 0 Å². The number of carbonyl (C=O) groups is 1. The van der Waals surface area contributed by atoms with Crippen LogP contribution in [-0.2, 0) is 6.54 Å². The second-order valence-corrected chi connectivity index (χ2v) is 7.25. The third-order valence-electron chi connectivity index (χ3n) is 5.29. The largest absolute Gasteiger partial charge is 0.338 e. The molecule has 146 valence electrons. The predicted molar refractivity (Wildman–Crippen MR) is 108 cm³/mol. The third-order valence-corrected chi connectivity index (χ3v) is 5.29. The summed E-state index contributed by atoms with van der Waals surface area (Å²) in [6, 6.07) is 10.3. The molecule has 6 nitrogen and oxygen atoms in total. The standard InChI is InChI=1S/C21H31N5O/c1-4-5-11-22-21(27)25-14-12-24(13-15-25)16-20-17(2)23-26(18(20)3)19-9-7-6-8-10-19/h6-10H,4-5,11-16H2,1-3H3,(H,22,27). The van der Waals surface area contributed by atoms with Crippen molar-refractivity contribution in [2.45, 2.75) is 40.2 Å². The van der Waals surface area contributed by atoms with E-state index in [1.54, 1.807) is 0 Å². The van der Waals surface area contributed by atoms with Gasteiger partial charge < -0.3 is 10.2 Å². The zero-order valence-electron chi connectivity index (χ0n) is 16.7. The Bertz CT molecular complexity index is 747. The maximum atomic E-state index is 12.2. The lowest BCUT2D eigenvalue weighted by atomic mass is 10.1. The summed E-state index contributed by atoms with van der Waals surface area (Å²) >= 11 is 0. The molecule has 6 heteroatoms. The highest BCUT2D eigenvalue weighted by atomic mass is 16.2. The van der Waals surface area contributed by atoms with Gasteiger partial charge in [0.05, 0.1) is 11.4 Å². The summed E-state index contributed by atoms with van der Waals surface area (Å²) < 4.78 is 2.03. The van der Waals surface area contributed by atoms with Crippen LogP contribution in [0.5, 0.6) is 0 Å². The maximum absolute atomic E-state index is 12.2. The molecule has 1 saturated heterocycles. The summed E-state index contributed by atoms with van der Waals surface area (Å²) in [5.74, 6) is 0. The van der Waals surface area contributed by atoms with Crippen LogP contribution < -0.4 is 5.32 Å². The van der Waals surface area contributed by atoms with Gasteiger partial charge in [-0.2, -0.15) is 5.10 Å². The van der Waals surface area contributed by atoms with Crippen LogP contribution in [0.25, 0.3) is 5.69 Å². The number of aryl methyl sites for hydroxylation is 1. The summed E-state index contributed by atoms with van der Waals surface area (Å²) in [4.78, 5) is 16.5. The van der Waals surface area contributed by atoms with E-state index >= 15 is 0 Å². The number of nitrogens with one attached hydrogen (secondary N) is 1. The summed E-state index contributed by atoms with van der Waals surface area (Å²) in [7, 11) is 0. The molecule has 1 aliphatic heterocycles. The third kappa shape index (κ3) is 4.69. The van der Waals surface area contributed by atoms with E-state index in [0.29, 0.717) is 0 Å². The number of nitrogens with zero attached hydrogens (tertiary/aromatic N) is 4. The number of piperazine rings is 1. The first-order valence-electron chi connectivity index (χ1n) is 9.95. The summed E-state index contributed by atoms with van der Waals surface area (Å²) in [6.07, 6.45) is 2.14. The fourth-order valence-electron chi connectivity index (χ4n) is 3.54. The molecule has 0 unspecified atom stereocenters. The quantitative estimate of drug-likeness (QED) is 0.796. The number of carbonyl (C=O) groups excluding carboxylic acids is 1. The van der Waals surface area contributed by atoms with Crippen LogP contribution in [-0.4, -0.2) is 58.3 Å². The lowest BCUT2D eigenvalue weighted by molar-refractivity contribution is 0.135. The van der Waals surface area contributed by atoms with Gasteiger partial charge in [-0.3, -0.25) is 4.90 Å². The Kier molecular flexibility index (Phi) is 6.50. The van der Waals surface area contributed by atoms with E-state index < -0.39 is 0 Å². The van der Waals surface area contributed by atoms with Crippen LogP contribution in [0.2, 0.25) is 0 Å². The van der Waals surface area contributed by atoms with Gasteiger partial charge in [-0.15, -0.1) is 0 Å². The van der Waals surface area contributed by atoms with Gasteiger partial charge in [0, 0.05) is 50.5 Å². The van der Waals surface area contributed by atoms with Crippen molar-refractivity contribution in [2.75, 3.05) is 32.7 Å². The molecule has 1 aliphatic rings. The predicted octanol–water partition coefficient (Wildman–Crippen LogP) is 3.12. The monoisotopic (exact) mass is 369 g/mol. The minimum atomic E-state index is 0.0763. The van der Waals surface area contributed by atoms with Gasteiger partial charge in [0.2, 0.25) is 0 Å². The molecule has 2 aromatic rings. The zero-order chi connectivity index (χ0) is 19.2. The van der Waals surface area contributed by atoms with Gasteiger partial charge in [-0.1, -0.05) is 31.5 Å². The molecule has 1 N–H and O–H groups in total. The Labute approximate surface area is 162 Å². The van der Waals surface area contributed by atoms with Crippen molar-refractivity contribution in [3.8, 4) is 5.69 Å². The van der Waals surface area contributed by atoms with Crippen molar-refractivity contribution >= 4 is 6.03 Å². The van der Waals surface area contributed by atoms with Gasteiger partial charge >= 0.3 is 6.03 Å². The Morgan fingerprint density at radius 2 is 1.81 bits per heavy atom. The van der Waals surface area contributed by atoms with E-state index in [-0.39, 0.29) is 6.03 Å². The van der Waals surface area contributed by atoms with E-state index in [9.17, 15) is 4.79 Å². The summed E-state index contributed by atoms with van der Waals surface area (Å²) in [5, 5.41) is 7.76. The number of aromatic nitrogens is 2. The van der Waals surface area contributed by atoms with Gasteiger partial charge in [0.25, 0.3) is 0 Å². The molecule has 0 bridgehead atoms. The smallest absolute Gasteiger partial charge is 0.317 e. The van der Waals surface area contributed by atoms with Gasteiger partial charge in [-0.25, -0.2) is 9.48 Å². The van der Waals surface area contributed by atoms with Crippen LogP contribution in [0, 0.1) is 13.8 Å². The van der Waals surface area contributed by atoms with Crippen molar-refractivity contribution < 1.29 is 4.79 Å². The molecule has 0 atom stereocenters. The fraction of sp³-hybridized carbons (Fsp3) is 0.524. The number of hydrogen-bond acceptors (Lipinski definition) is 3. The number of benzene rings is 1. The molecule has 0 saturated carbocycles. The van der Waals surface area contributed by atoms with Crippen molar-refractivity contribution in [3.63, 3.8) is 0 Å². The molecular formula is C21H31N5O. The number of unbranched alkanes of at least 4 members (excludes halogenated alkanes) is 1. The number of amides is 2. The molecule has 2 amide bonds. The molecule has 1 aromatic heterocycles. The number of hydrogen-bond donors (Lipinski definition) is 1. The first-order valence-corrected chi connectivity index (χ1v) is 9.95. The van der Waals surface area contributed by atoms with Crippen LogP contribution in [0.15, 0.2) is 30.3 Å². The highest BCUT2D eigenvalue weighted by molar-refractivity contribution is 5.74. The Morgan fingerprint density at radius 1 is 1.11 bits per heavy atom. The number of para-hydroxylation sites is 1. The molecule has 0 aliphatic carbocycles. The van der Waals surface area contributed by atoms with Crippen LogP contribution >= 0.6 is 0 Å². The van der Waals surface area contributed by atoms with Crippen molar-refractivity contribution in [3.05, 3.63) is 47.3 Å². The summed E-state index contributed by atoms with van der Waals surface area (Å²) in [5.41, 5.74) is 4.66. The van der Waals surface area contributed by atoms with E-state index in [1.807, 2.05) is 27.8 Å². The molecule has 0 spiro atoms. The van der Waals surface area contributed by atoms with E-state index in [0.717, 1.165) is 63.5 Å². The first kappa shape index (κ1) is 19.4. The van der Waals surface area contributed by atoms with Gasteiger partial charge in [0.1, 0.15) is 0 Å². The Morgan fingerprint density at radius 3 is 2.48 bits per heavy atom. The first-order chi connectivity index (χ1) is 13.1. The number of rotatable bonds is 6. The second-order valence-electron chi connectivity index (χ2n) is 7.25. The molecule has 1 aromatic carbocycles. The average Bonchev–Trinajstić information content (AvgIpc) is 2.97. The molecule has 27 heavy (non-hydrogen) atoms. The molecule has 2 heterocycles. The Balaban J connectivity index is 1.58. The average molecular weight is 370 g/mol. The normalized spacial score (nSPS) is 15.1. The van der Waals surface area contributed by atoms with Crippen molar-refractivity contribution in [1.82, 2.24) is 24.9 Å². The van der Waals surface area contributed by atoms with Crippen LogP contribution in [0.4, 0.5) is 4.79 Å². The lowest BCUT2D eigenvalue weighted by Crippen LogP contribution is -2.51. The highest BCUT2D eigenvalue weighted by Gasteiger charge is 2.23. The molecular weight excluding hydrogens is 338 g/mol. The minimum absolute atomic E-state index is 0.0763. The second kappa shape index (κ2) is 9.04. The molecule has 1 fully saturated rings. The Hall–Kier alpha value is -2.34. The fourth-order valence-corrected chi connectivity index (χ4v) is 3.54. The van der Waals surface area contributed by atoms with Gasteiger partial charge in [-0.05, 0) is 32.4 Å². The van der Waals surface area contributed by atoms with E-state index in [4.69, 9.17) is 5.10 Å². The SMILES string of the molecule is CCCCNC(=O)N1CCN(Cc2c(C)nn(-c3ccccc3)c2C)CC1. The summed E-state index contributed by atoms with van der Waals surface area (Å²) in [6.45, 7) is 11.4. The molecule has 3 rings (SSSR count). The number of urea groups is 1. The van der Waals surface area contributed by atoms with E-state index in [2.05, 4.69) is 43.1 Å². The lowest BCUT2D eigenvalue weighted by Gasteiger charge is -2.34. The van der Waals surface area contributed by atoms with Crippen molar-refractivity contribution in [2.24, 2.45) is 0 Å². The zero-order valence-corrected chi connectivity index (χ0v) is 16.7. The van der Waals surface area contributed by atoms with E-state index in [1.165, 1.54) is 11.3 Å². The van der Waals surface area contributed by atoms with Crippen molar-refractivity contribution in [1.29, 1.82) is 0 Å². The van der Waals surface area contributed by atoms with Crippen LogP contribution in [0.3, 0.4) is 0 Å². The maximum Gasteiger partial charge on any atom is 0.317 e. The molecule has 0 radical (unpaired) electrons. The minimum Gasteiger partial charge on any atom is -0.338 e. The van der Waals surface area contributed by atoms with Crippen LogP contribution in [0.1, 0.15) is 36.7 Å².